The Morgan fingerprint density at radius 2 is 1.91 bits per heavy atom. The molecule has 2 rings (SSSR count). The first-order valence-corrected chi connectivity index (χ1v) is 7.07. The predicted molar refractivity (Wildman–Crippen MR) is 81.3 cm³/mol. The van der Waals surface area contributed by atoms with E-state index in [4.69, 9.17) is 9.15 Å². The van der Waals surface area contributed by atoms with Crippen LogP contribution in [0.1, 0.15) is 34.4 Å². The predicted octanol–water partition coefficient (Wildman–Crippen LogP) is 2.76. The highest BCUT2D eigenvalue weighted by Gasteiger charge is 2.21. The molecule has 0 bridgehead atoms. The van der Waals surface area contributed by atoms with Gasteiger partial charge in [0.25, 0.3) is 5.91 Å². The number of amides is 1. The van der Waals surface area contributed by atoms with Gasteiger partial charge in [0, 0.05) is 6.54 Å². The molecule has 2 aromatic rings. The molecule has 0 aliphatic rings. The van der Waals surface area contributed by atoms with E-state index in [2.05, 4.69) is 5.32 Å². The monoisotopic (exact) mass is 301 g/mol. The molecule has 0 saturated heterocycles. The number of aryl methyl sites for hydroxylation is 2. The van der Waals surface area contributed by atoms with Crippen LogP contribution in [0.3, 0.4) is 0 Å². The van der Waals surface area contributed by atoms with Crippen molar-refractivity contribution in [3.8, 4) is 0 Å². The van der Waals surface area contributed by atoms with Gasteiger partial charge in [-0.25, -0.2) is 4.79 Å². The fourth-order valence-corrected chi connectivity index (χ4v) is 2.04. The first-order chi connectivity index (χ1) is 10.5. The van der Waals surface area contributed by atoms with Crippen LogP contribution in [-0.4, -0.2) is 18.0 Å². The smallest absolute Gasteiger partial charge is 0.342 e. The second kappa shape index (κ2) is 6.93. The summed E-state index contributed by atoms with van der Waals surface area (Å²) in [4.78, 5) is 24.0. The fourth-order valence-electron chi connectivity index (χ4n) is 2.04. The molecule has 0 aliphatic heterocycles. The molecule has 116 valence electrons. The summed E-state index contributed by atoms with van der Waals surface area (Å²) in [7, 11) is 0. The zero-order valence-corrected chi connectivity index (χ0v) is 12.9. The standard InChI is InChI=1S/C17H19NO4/c1-11-9-15(12(2)21-11)17(20)22-13(3)16(19)18-10-14-7-5-4-6-8-14/h4-9,13H,10H2,1-3H3,(H,18,19)/t13-/m0/s1. The molecule has 0 fully saturated rings. The lowest BCUT2D eigenvalue weighted by atomic mass is 10.2. The van der Waals surface area contributed by atoms with Crippen LogP contribution in [0, 0.1) is 13.8 Å². The van der Waals surface area contributed by atoms with Crippen LogP contribution in [0.25, 0.3) is 0 Å². The number of hydrogen-bond donors (Lipinski definition) is 1. The van der Waals surface area contributed by atoms with E-state index >= 15 is 0 Å². The molecule has 1 N–H and O–H groups in total. The number of carbonyl (C=O) groups excluding carboxylic acids is 2. The van der Waals surface area contributed by atoms with Crippen LogP contribution in [0.2, 0.25) is 0 Å². The van der Waals surface area contributed by atoms with Gasteiger partial charge >= 0.3 is 5.97 Å². The molecule has 1 aromatic heterocycles. The third kappa shape index (κ3) is 3.97. The van der Waals surface area contributed by atoms with Crippen molar-refractivity contribution in [1.29, 1.82) is 0 Å². The van der Waals surface area contributed by atoms with Gasteiger partial charge in [0.05, 0.1) is 0 Å². The van der Waals surface area contributed by atoms with Crippen LogP contribution < -0.4 is 5.32 Å². The molecular weight excluding hydrogens is 282 g/mol. The number of esters is 1. The highest BCUT2D eigenvalue weighted by molar-refractivity contribution is 5.93. The van der Waals surface area contributed by atoms with Crippen LogP contribution in [0.4, 0.5) is 0 Å². The van der Waals surface area contributed by atoms with E-state index in [1.807, 2.05) is 30.3 Å². The summed E-state index contributed by atoms with van der Waals surface area (Å²) in [6, 6.07) is 11.1. The van der Waals surface area contributed by atoms with Crippen molar-refractivity contribution in [2.75, 3.05) is 0 Å². The van der Waals surface area contributed by atoms with Crippen molar-refractivity contribution in [1.82, 2.24) is 5.32 Å². The van der Waals surface area contributed by atoms with Crippen LogP contribution >= 0.6 is 0 Å². The Labute approximate surface area is 129 Å². The number of hydrogen-bond acceptors (Lipinski definition) is 4. The molecular formula is C17H19NO4. The van der Waals surface area contributed by atoms with Crippen LogP contribution in [-0.2, 0) is 16.1 Å². The van der Waals surface area contributed by atoms with Crippen molar-refractivity contribution in [3.63, 3.8) is 0 Å². The van der Waals surface area contributed by atoms with Gasteiger partial charge < -0.3 is 14.5 Å². The van der Waals surface area contributed by atoms with Crippen molar-refractivity contribution < 1.29 is 18.7 Å². The lowest BCUT2D eigenvalue weighted by Crippen LogP contribution is -2.35. The largest absolute Gasteiger partial charge is 0.466 e. The van der Waals surface area contributed by atoms with E-state index in [0.29, 0.717) is 23.6 Å². The van der Waals surface area contributed by atoms with Crippen LogP contribution in [0.5, 0.6) is 0 Å². The second-order valence-electron chi connectivity index (χ2n) is 5.08. The van der Waals surface area contributed by atoms with E-state index in [1.165, 1.54) is 0 Å². The Kier molecular flexibility index (Phi) is 4.99. The molecule has 0 unspecified atom stereocenters. The zero-order valence-electron chi connectivity index (χ0n) is 12.9. The van der Waals surface area contributed by atoms with Gasteiger partial charge in [0.1, 0.15) is 17.1 Å². The van der Waals surface area contributed by atoms with Crippen molar-refractivity contribution in [2.24, 2.45) is 0 Å². The molecule has 1 amide bonds. The lowest BCUT2D eigenvalue weighted by Gasteiger charge is -2.13. The quantitative estimate of drug-likeness (QED) is 0.862. The fraction of sp³-hybridized carbons (Fsp3) is 0.294. The Hall–Kier alpha value is -2.56. The summed E-state index contributed by atoms with van der Waals surface area (Å²) in [5, 5.41) is 2.74. The zero-order chi connectivity index (χ0) is 16.1. The van der Waals surface area contributed by atoms with E-state index in [-0.39, 0.29) is 5.91 Å². The molecule has 1 atom stereocenters. The summed E-state index contributed by atoms with van der Waals surface area (Å²) in [5.74, 6) is 0.219. The van der Waals surface area contributed by atoms with Gasteiger partial charge in [-0.2, -0.15) is 0 Å². The van der Waals surface area contributed by atoms with Gasteiger partial charge in [-0.1, -0.05) is 30.3 Å². The minimum Gasteiger partial charge on any atom is -0.466 e. The summed E-state index contributed by atoms with van der Waals surface area (Å²) in [6.07, 6.45) is -0.870. The van der Waals surface area contributed by atoms with E-state index in [9.17, 15) is 9.59 Å². The number of nitrogens with one attached hydrogen (secondary N) is 1. The average molecular weight is 301 g/mol. The average Bonchev–Trinajstić information content (AvgIpc) is 2.84. The third-order valence-corrected chi connectivity index (χ3v) is 3.22. The van der Waals surface area contributed by atoms with E-state index < -0.39 is 12.1 Å². The maximum absolute atomic E-state index is 12.0. The van der Waals surface area contributed by atoms with Crippen molar-refractivity contribution >= 4 is 11.9 Å². The number of rotatable bonds is 5. The topological polar surface area (TPSA) is 68.5 Å². The molecule has 0 spiro atoms. The van der Waals surface area contributed by atoms with Gasteiger partial charge in [-0.05, 0) is 32.4 Å². The Bertz CT molecular complexity index is 661. The first-order valence-electron chi connectivity index (χ1n) is 7.07. The van der Waals surface area contributed by atoms with Crippen LogP contribution in [0.15, 0.2) is 40.8 Å². The summed E-state index contributed by atoms with van der Waals surface area (Å²) in [6.45, 7) is 5.37. The summed E-state index contributed by atoms with van der Waals surface area (Å²) in [5.41, 5.74) is 1.33. The van der Waals surface area contributed by atoms with Gasteiger partial charge in [-0.3, -0.25) is 4.79 Å². The third-order valence-electron chi connectivity index (χ3n) is 3.22. The first kappa shape index (κ1) is 15.8. The molecule has 1 heterocycles. The maximum Gasteiger partial charge on any atom is 0.342 e. The molecule has 0 aliphatic carbocycles. The van der Waals surface area contributed by atoms with Gasteiger partial charge in [-0.15, -0.1) is 0 Å². The maximum atomic E-state index is 12.0. The Morgan fingerprint density at radius 1 is 1.23 bits per heavy atom. The minimum absolute atomic E-state index is 0.338. The molecule has 0 saturated carbocycles. The minimum atomic E-state index is -0.870. The van der Waals surface area contributed by atoms with Gasteiger partial charge in [0.2, 0.25) is 0 Å². The molecule has 5 heteroatoms. The molecule has 22 heavy (non-hydrogen) atoms. The molecule has 1 aromatic carbocycles. The number of carbonyl (C=O) groups is 2. The highest BCUT2D eigenvalue weighted by Crippen LogP contribution is 2.15. The van der Waals surface area contributed by atoms with Crippen molar-refractivity contribution in [3.05, 3.63) is 59.0 Å². The highest BCUT2D eigenvalue weighted by atomic mass is 16.5. The normalized spacial score (nSPS) is 11.8. The lowest BCUT2D eigenvalue weighted by molar-refractivity contribution is -0.129. The number of furan rings is 1. The van der Waals surface area contributed by atoms with E-state index in [0.717, 1.165) is 5.56 Å². The molecule has 0 radical (unpaired) electrons. The SMILES string of the molecule is Cc1cc(C(=O)O[C@@H](C)C(=O)NCc2ccccc2)c(C)o1. The second-order valence-corrected chi connectivity index (χ2v) is 5.08. The van der Waals surface area contributed by atoms with Gasteiger partial charge in [0.15, 0.2) is 6.10 Å². The summed E-state index contributed by atoms with van der Waals surface area (Å²) < 4.78 is 10.5. The summed E-state index contributed by atoms with van der Waals surface area (Å²) >= 11 is 0. The Morgan fingerprint density at radius 3 is 2.50 bits per heavy atom. The van der Waals surface area contributed by atoms with Crippen molar-refractivity contribution in [2.45, 2.75) is 33.4 Å². The number of ether oxygens (including phenoxy) is 1. The van der Waals surface area contributed by atoms with E-state index in [1.54, 1.807) is 26.8 Å². The number of benzene rings is 1. The molecule has 5 nitrogen and oxygen atoms in total. The Balaban J connectivity index is 1.88.